The Morgan fingerprint density at radius 1 is 0.857 bits per heavy atom. The van der Waals surface area contributed by atoms with Crippen molar-refractivity contribution in [3.63, 3.8) is 0 Å². The molecule has 0 aromatic heterocycles. The summed E-state index contributed by atoms with van der Waals surface area (Å²) in [6.07, 6.45) is 7.43. The zero-order valence-corrected chi connectivity index (χ0v) is 12.1. The van der Waals surface area contributed by atoms with Gasteiger partial charge in [-0.3, -0.25) is 4.79 Å². The van der Waals surface area contributed by atoms with E-state index in [-0.39, 0.29) is 5.78 Å². The van der Waals surface area contributed by atoms with Gasteiger partial charge >= 0.3 is 0 Å². The van der Waals surface area contributed by atoms with E-state index in [2.05, 4.69) is 6.58 Å². The monoisotopic (exact) mass is 274 g/mol. The van der Waals surface area contributed by atoms with Gasteiger partial charge in [-0.2, -0.15) is 0 Å². The van der Waals surface area contributed by atoms with Crippen LogP contribution in [-0.2, 0) is 0 Å². The molecule has 0 aliphatic heterocycles. The van der Waals surface area contributed by atoms with Crippen LogP contribution in [0.15, 0.2) is 78.9 Å². The molecule has 0 heterocycles. The highest BCUT2D eigenvalue weighted by atomic mass is 16.1. The van der Waals surface area contributed by atoms with E-state index in [1.165, 1.54) is 0 Å². The fourth-order valence-corrected chi connectivity index (χ4v) is 1.83. The molecule has 0 radical (unpaired) electrons. The van der Waals surface area contributed by atoms with Crippen molar-refractivity contribution in [3.05, 3.63) is 95.6 Å². The fourth-order valence-electron chi connectivity index (χ4n) is 1.83. The maximum Gasteiger partial charge on any atom is 0.185 e. The molecule has 1 heteroatoms. The van der Waals surface area contributed by atoms with Crippen LogP contribution in [0.25, 0.3) is 12.2 Å². The Kier molecular flexibility index (Phi) is 5.05. The van der Waals surface area contributed by atoms with Gasteiger partial charge in [0, 0.05) is 5.56 Å². The van der Waals surface area contributed by atoms with Crippen LogP contribution in [0.4, 0.5) is 0 Å². The highest BCUT2D eigenvalue weighted by molar-refractivity contribution is 6.06. The largest absolute Gasteiger partial charge is 0.289 e. The number of ketones is 1. The summed E-state index contributed by atoms with van der Waals surface area (Å²) in [6, 6.07) is 17.3. The van der Waals surface area contributed by atoms with Gasteiger partial charge in [-0.1, -0.05) is 85.0 Å². The summed E-state index contributed by atoms with van der Waals surface area (Å²) in [5.74, 6) is 0.0156. The lowest BCUT2D eigenvalue weighted by molar-refractivity contribution is 0.104. The lowest BCUT2D eigenvalue weighted by Crippen LogP contribution is -1.92. The molecule has 0 unspecified atom stereocenters. The first-order valence-corrected chi connectivity index (χ1v) is 6.86. The van der Waals surface area contributed by atoms with Crippen molar-refractivity contribution in [1.82, 2.24) is 0 Å². The van der Waals surface area contributed by atoms with Crippen LogP contribution < -0.4 is 0 Å². The van der Waals surface area contributed by atoms with Gasteiger partial charge in [0.15, 0.2) is 5.78 Å². The summed E-state index contributed by atoms with van der Waals surface area (Å²) in [5, 5.41) is 0. The van der Waals surface area contributed by atoms with Crippen molar-refractivity contribution in [3.8, 4) is 0 Å². The standard InChI is InChI=1S/C20H18O/c1-16(2)8-9-17-10-12-18(13-11-17)14-15-20(21)19-6-4-3-5-7-19/h3-15H,1H2,2H3. The fraction of sp³-hybridized carbons (Fsp3) is 0.0500. The summed E-state index contributed by atoms with van der Waals surface area (Å²) >= 11 is 0. The molecule has 104 valence electrons. The summed E-state index contributed by atoms with van der Waals surface area (Å²) in [4.78, 5) is 12.0. The van der Waals surface area contributed by atoms with Crippen LogP contribution in [0.3, 0.4) is 0 Å². The van der Waals surface area contributed by atoms with Crippen molar-refractivity contribution in [2.45, 2.75) is 6.92 Å². The minimum atomic E-state index is 0.0156. The topological polar surface area (TPSA) is 17.1 Å². The third kappa shape index (κ3) is 4.73. The minimum Gasteiger partial charge on any atom is -0.289 e. The van der Waals surface area contributed by atoms with Gasteiger partial charge < -0.3 is 0 Å². The summed E-state index contributed by atoms with van der Waals surface area (Å²) < 4.78 is 0. The van der Waals surface area contributed by atoms with E-state index in [0.717, 1.165) is 16.7 Å². The Balaban J connectivity index is 2.05. The lowest BCUT2D eigenvalue weighted by atomic mass is 10.1. The SMILES string of the molecule is C=C(C)C=Cc1ccc(C=CC(=O)c2ccccc2)cc1. The predicted octanol–water partition coefficient (Wildman–Crippen LogP) is 5.17. The van der Waals surface area contributed by atoms with Gasteiger partial charge in [-0.15, -0.1) is 0 Å². The van der Waals surface area contributed by atoms with Crippen LogP contribution >= 0.6 is 0 Å². The number of rotatable bonds is 5. The normalized spacial score (nSPS) is 11.1. The number of benzene rings is 2. The van der Waals surface area contributed by atoms with Gasteiger partial charge in [0.1, 0.15) is 0 Å². The second-order valence-electron chi connectivity index (χ2n) is 4.91. The van der Waals surface area contributed by atoms with E-state index in [1.807, 2.05) is 79.7 Å². The Hall–Kier alpha value is -2.67. The average Bonchev–Trinajstić information content (AvgIpc) is 2.52. The molecular formula is C20H18O. The van der Waals surface area contributed by atoms with Crippen LogP contribution in [0.5, 0.6) is 0 Å². The van der Waals surface area contributed by atoms with Crippen molar-refractivity contribution < 1.29 is 4.79 Å². The van der Waals surface area contributed by atoms with E-state index < -0.39 is 0 Å². The quantitative estimate of drug-likeness (QED) is 0.417. The van der Waals surface area contributed by atoms with Crippen LogP contribution in [0.2, 0.25) is 0 Å². The van der Waals surface area contributed by atoms with E-state index in [4.69, 9.17) is 0 Å². The summed E-state index contributed by atoms with van der Waals surface area (Å²) in [5.41, 5.74) is 3.85. The van der Waals surface area contributed by atoms with E-state index in [9.17, 15) is 4.79 Å². The van der Waals surface area contributed by atoms with E-state index >= 15 is 0 Å². The van der Waals surface area contributed by atoms with Crippen molar-refractivity contribution in [1.29, 1.82) is 0 Å². The summed E-state index contributed by atoms with van der Waals surface area (Å²) in [6.45, 7) is 5.79. The average molecular weight is 274 g/mol. The van der Waals surface area contributed by atoms with E-state index in [1.54, 1.807) is 6.08 Å². The second-order valence-corrected chi connectivity index (χ2v) is 4.91. The Morgan fingerprint density at radius 2 is 1.38 bits per heavy atom. The van der Waals surface area contributed by atoms with Crippen LogP contribution in [0.1, 0.15) is 28.4 Å². The third-order valence-corrected chi connectivity index (χ3v) is 2.98. The molecule has 0 bridgehead atoms. The molecule has 2 rings (SSSR count). The van der Waals surface area contributed by atoms with Gasteiger partial charge in [0.2, 0.25) is 0 Å². The molecule has 1 nitrogen and oxygen atoms in total. The molecule has 0 aliphatic carbocycles. The predicted molar refractivity (Wildman–Crippen MR) is 90.1 cm³/mol. The van der Waals surface area contributed by atoms with E-state index in [0.29, 0.717) is 5.56 Å². The number of carbonyl (C=O) groups is 1. The maximum absolute atomic E-state index is 12.0. The van der Waals surface area contributed by atoms with Crippen LogP contribution in [0, 0.1) is 0 Å². The highest BCUT2D eigenvalue weighted by Gasteiger charge is 1.99. The molecular weight excluding hydrogens is 256 g/mol. The lowest BCUT2D eigenvalue weighted by Gasteiger charge is -1.97. The van der Waals surface area contributed by atoms with Gasteiger partial charge in [0.25, 0.3) is 0 Å². The molecule has 0 aliphatic rings. The van der Waals surface area contributed by atoms with Crippen molar-refractivity contribution >= 4 is 17.9 Å². The third-order valence-electron chi connectivity index (χ3n) is 2.98. The molecule has 0 fully saturated rings. The molecule has 2 aromatic rings. The van der Waals surface area contributed by atoms with Gasteiger partial charge in [0.05, 0.1) is 0 Å². The van der Waals surface area contributed by atoms with Gasteiger partial charge in [-0.05, 0) is 24.1 Å². The number of allylic oxidation sites excluding steroid dienone is 3. The second kappa shape index (κ2) is 7.20. The van der Waals surface area contributed by atoms with Gasteiger partial charge in [-0.25, -0.2) is 0 Å². The number of hydrogen-bond donors (Lipinski definition) is 0. The maximum atomic E-state index is 12.0. The minimum absolute atomic E-state index is 0.0156. The summed E-state index contributed by atoms with van der Waals surface area (Å²) in [7, 11) is 0. The zero-order valence-electron chi connectivity index (χ0n) is 12.1. The number of hydrogen-bond acceptors (Lipinski definition) is 1. The molecule has 0 saturated heterocycles. The Bertz CT molecular complexity index is 674. The molecule has 0 amide bonds. The smallest absolute Gasteiger partial charge is 0.185 e. The Morgan fingerprint density at radius 3 is 1.90 bits per heavy atom. The van der Waals surface area contributed by atoms with Crippen LogP contribution in [-0.4, -0.2) is 5.78 Å². The molecule has 0 atom stereocenters. The molecule has 0 spiro atoms. The number of carbonyl (C=O) groups excluding carboxylic acids is 1. The first-order valence-electron chi connectivity index (χ1n) is 6.86. The van der Waals surface area contributed by atoms with Crippen molar-refractivity contribution in [2.75, 3.05) is 0 Å². The molecule has 0 saturated carbocycles. The Labute approximate surface area is 126 Å². The molecule has 0 N–H and O–H groups in total. The first kappa shape index (κ1) is 14.7. The van der Waals surface area contributed by atoms with Crippen molar-refractivity contribution in [2.24, 2.45) is 0 Å². The zero-order chi connectivity index (χ0) is 15.1. The first-order chi connectivity index (χ1) is 10.1. The highest BCUT2D eigenvalue weighted by Crippen LogP contribution is 2.10. The molecule has 21 heavy (non-hydrogen) atoms. The molecule has 2 aromatic carbocycles.